The van der Waals surface area contributed by atoms with Crippen LogP contribution in [-0.4, -0.2) is 31.7 Å². The Labute approximate surface area is 144 Å². The lowest BCUT2D eigenvalue weighted by Gasteiger charge is -2.14. The van der Waals surface area contributed by atoms with E-state index >= 15 is 0 Å². The Kier molecular flexibility index (Phi) is 4.86. The standard InChI is InChI=1S/C15H18N2O3S3/c1-11-14(23(19,20)17-6-2-3-7-17)9-13(22-11)15(18)16-10-12-5-4-8-21-12/h4-5,8-9H,2-3,6-7,10H2,1H3,(H,16,18). The molecule has 1 saturated heterocycles. The molecule has 0 aliphatic carbocycles. The summed E-state index contributed by atoms with van der Waals surface area (Å²) in [7, 11) is -3.47. The van der Waals surface area contributed by atoms with Crippen LogP contribution in [0.3, 0.4) is 0 Å². The lowest BCUT2D eigenvalue weighted by atomic mass is 10.4. The van der Waals surface area contributed by atoms with Crippen LogP contribution in [0.2, 0.25) is 0 Å². The minimum absolute atomic E-state index is 0.227. The number of hydrogen-bond donors (Lipinski definition) is 1. The van der Waals surface area contributed by atoms with Crippen molar-refractivity contribution in [3.05, 3.63) is 38.2 Å². The van der Waals surface area contributed by atoms with E-state index in [-0.39, 0.29) is 10.8 Å². The third-order valence-electron chi connectivity index (χ3n) is 3.78. The zero-order chi connectivity index (χ0) is 16.4. The van der Waals surface area contributed by atoms with Crippen molar-refractivity contribution < 1.29 is 13.2 Å². The molecule has 0 bridgehead atoms. The number of carbonyl (C=O) groups is 1. The molecule has 1 amide bonds. The summed E-state index contributed by atoms with van der Waals surface area (Å²) >= 11 is 2.81. The van der Waals surface area contributed by atoms with Gasteiger partial charge in [-0.05, 0) is 37.3 Å². The highest BCUT2D eigenvalue weighted by Crippen LogP contribution is 2.30. The molecule has 1 aliphatic rings. The molecule has 1 N–H and O–H groups in total. The second-order valence-electron chi connectivity index (χ2n) is 5.40. The first kappa shape index (κ1) is 16.6. The molecule has 124 valence electrons. The molecule has 0 unspecified atom stereocenters. The molecule has 0 aromatic carbocycles. The van der Waals surface area contributed by atoms with Crippen molar-refractivity contribution >= 4 is 38.6 Å². The Morgan fingerprint density at radius 1 is 1.35 bits per heavy atom. The summed E-state index contributed by atoms with van der Waals surface area (Å²) in [5.41, 5.74) is 0. The minimum atomic E-state index is -3.47. The Morgan fingerprint density at radius 3 is 2.74 bits per heavy atom. The van der Waals surface area contributed by atoms with Gasteiger partial charge in [0.1, 0.15) is 0 Å². The van der Waals surface area contributed by atoms with Crippen molar-refractivity contribution in [3.63, 3.8) is 0 Å². The molecule has 23 heavy (non-hydrogen) atoms. The highest BCUT2D eigenvalue weighted by atomic mass is 32.2. The van der Waals surface area contributed by atoms with E-state index in [1.807, 2.05) is 17.5 Å². The molecule has 1 fully saturated rings. The Balaban J connectivity index is 1.76. The lowest BCUT2D eigenvalue weighted by Crippen LogP contribution is -2.28. The number of amides is 1. The Morgan fingerprint density at radius 2 is 2.09 bits per heavy atom. The van der Waals surface area contributed by atoms with Crippen molar-refractivity contribution in [2.45, 2.75) is 31.2 Å². The third-order valence-corrected chi connectivity index (χ3v) is 7.86. The number of hydrogen-bond acceptors (Lipinski definition) is 5. The summed E-state index contributed by atoms with van der Waals surface area (Å²) < 4.78 is 26.8. The molecular weight excluding hydrogens is 352 g/mol. The number of rotatable bonds is 5. The van der Waals surface area contributed by atoms with E-state index in [2.05, 4.69) is 5.32 Å². The third kappa shape index (κ3) is 3.50. The van der Waals surface area contributed by atoms with Crippen LogP contribution < -0.4 is 5.32 Å². The van der Waals surface area contributed by atoms with Crippen molar-refractivity contribution in [2.24, 2.45) is 0 Å². The zero-order valence-corrected chi connectivity index (χ0v) is 15.2. The summed E-state index contributed by atoms with van der Waals surface area (Å²) in [6, 6.07) is 5.40. The fourth-order valence-corrected chi connectivity index (χ4v) is 6.21. The normalized spacial score (nSPS) is 15.9. The Hall–Kier alpha value is -1.22. The van der Waals surface area contributed by atoms with Gasteiger partial charge in [0, 0.05) is 22.8 Å². The number of nitrogens with zero attached hydrogens (tertiary/aromatic N) is 1. The summed E-state index contributed by atoms with van der Waals surface area (Å²) in [5.74, 6) is -0.227. The van der Waals surface area contributed by atoms with Gasteiger partial charge in [-0.25, -0.2) is 8.42 Å². The van der Waals surface area contributed by atoms with E-state index in [4.69, 9.17) is 0 Å². The van der Waals surface area contributed by atoms with Gasteiger partial charge in [0.15, 0.2) is 0 Å². The molecule has 1 aliphatic heterocycles. The second kappa shape index (κ2) is 6.72. The SMILES string of the molecule is Cc1sc(C(=O)NCc2cccs2)cc1S(=O)(=O)N1CCCC1. The van der Waals surface area contributed by atoms with Gasteiger partial charge < -0.3 is 5.32 Å². The summed E-state index contributed by atoms with van der Waals surface area (Å²) in [4.78, 5) is 14.7. The number of carbonyl (C=O) groups excluding carboxylic acids is 1. The van der Waals surface area contributed by atoms with E-state index < -0.39 is 10.0 Å². The first-order chi connectivity index (χ1) is 11.0. The molecular formula is C15H18N2O3S3. The molecule has 3 rings (SSSR count). The number of nitrogens with one attached hydrogen (secondary N) is 1. The van der Waals surface area contributed by atoms with Gasteiger partial charge >= 0.3 is 0 Å². The molecule has 0 radical (unpaired) electrons. The van der Waals surface area contributed by atoms with Gasteiger partial charge in [0.25, 0.3) is 5.91 Å². The number of thiophene rings is 2. The van der Waals surface area contributed by atoms with Crippen molar-refractivity contribution in [1.82, 2.24) is 9.62 Å². The smallest absolute Gasteiger partial charge is 0.261 e. The van der Waals surface area contributed by atoms with Crippen LogP contribution >= 0.6 is 22.7 Å². The van der Waals surface area contributed by atoms with Crippen LogP contribution in [-0.2, 0) is 16.6 Å². The predicted molar refractivity (Wildman–Crippen MR) is 92.5 cm³/mol. The maximum Gasteiger partial charge on any atom is 0.261 e. The highest BCUT2D eigenvalue weighted by molar-refractivity contribution is 7.89. The molecule has 0 atom stereocenters. The molecule has 2 aromatic rings. The maximum absolute atomic E-state index is 12.6. The van der Waals surface area contributed by atoms with Crippen LogP contribution in [0.15, 0.2) is 28.5 Å². The second-order valence-corrected chi connectivity index (χ2v) is 9.60. The minimum Gasteiger partial charge on any atom is -0.346 e. The quantitative estimate of drug-likeness (QED) is 0.880. The van der Waals surface area contributed by atoms with E-state index in [1.165, 1.54) is 21.7 Å². The average molecular weight is 371 g/mol. The van der Waals surface area contributed by atoms with E-state index in [1.54, 1.807) is 18.3 Å². The van der Waals surface area contributed by atoms with Gasteiger partial charge in [0.05, 0.1) is 16.3 Å². The lowest BCUT2D eigenvalue weighted by molar-refractivity contribution is 0.0955. The van der Waals surface area contributed by atoms with Crippen LogP contribution in [0.5, 0.6) is 0 Å². The maximum atomic E-state index is 12.6. The molecule has 0 saturated carbocycles. The van der Waals surface area contributed by atoms with E-state index in [0.717, 1.165) is 17.7 Å². The van der Waals surface area contributed by atoms with Gasteiger partial charge in [0.2, 0.25) is 10.0 Å². The van der Waals surface area contributed by atoms with Crippen molar-refractivity contribution in [2.75, 3.05) is 13.1 Å². The first-order valence-electron chi connectivity index (χ1n) is 7.39. The van der Waals surface area contributed by atoms with Crippen molar-refractivity contribution in [1.29, 1.82) is 0 Å². The van der Waals surface area contributed by atoms with Gasteiger partial charge in [-0.2, -0.15) is 4.31 Å². The van der Waals surface area contributed by atoms with E-state index in [9.17, 15) is 13.2 Å². The number of sulfonamides is 1. The monoisotopic (exact) mass is 370 g/mol. The molecule has 8 heteroatoms. The summed E-state index contributed by atoms with van der Waals surface area (Å²) in [5, 5.41) is 4.79. The van der Waals surface area contributed by atoms with Crippen LogP contribution in [0.4, 0.5) is 0 Å². The highest BCUT2D eigenvalue weighted by Gasteiger charge is 2.30. The van der Waals surface area contributed by atoms with Crippen LogP contribution in [0, 0.1) is 6.92 Å². The topological polar surface area (TPSA) is 66.5 Å². The van der Waals surface area contributed by atoms with Crippen LogP contribution in [0.1, 0.15) is 32.3 Å². The molecule has 5 nitrogen and oxygen atoms in total. The zero-order valence-electron chi connectivity index (χ0n) is 12.7. The Bertz CT molecular complexity index is 788. The predicted octanol–water partition coefficient (Wildman–Crippen LogP) is 2.83. The van der Waals surface area contributed by atoms with Crippen LogP contribution in [0.25, 0.3) is 0 Å². The average Bonchev–Trinajstić information content (AvgIpc) is 3.25. The number of aryl methyl sites for hydroxylation is 1. The molecule has 0 spiro atoms. The van der Waals surface area contributed by atoms with Gasteiger partial charge in [-0.3, -0.25) is 4.79 Å². The van der Waals surface area contributed by atoms with Crippen molar-refractivity contribution in [3.8, 4) is 0 Å². The van der Waals surface area contributed by atoms with Gasteiger partial charge in [-0.1, -0.05) is 6.07 Å². The summed E-state index contributed by atoms with van der Waals surface area (Å²) in [6.45, 7) is 3.35. The first-order valence-corrected chi connectivity index (χ1v) is 10.5. The fraction of sp³-hybridized carbons (Fsp3) is 0.400. The largest absolute Gasteiger partial charge is 0.346 e. The fourth-order valence-electron chi connectivity index (χ4n) is 2.57. The summed E-state index contributed by atoms with van der Waals surface area (Å²) in [6.07, 6.45) is 1.80. The van der Waals surface area contributed by atoms with Gasteiger partial charge in [-0.15, -0.1) is 22.7 Å². The molecule has 2 aromatic heterocycles. The van der Waals surface area contributed by atoms with E-state index in [0.29, 0.717) is 29.4 Å². The molecule has 3 heterocycles.